The van der Waals surface area contributed by atoms with Gasteiger partial charge in [-0.2, -0.15) is 4.98 Å². The van der Waals surface area contributed by atoms with Gasteiger partial charge in [0, 0.05) is 24.2 Å². The molecule has 3 aromatic rings. The Kier molecular flexibility index (Phi) is 6.00. The number of rotatable bonds is 7. The second kappa shape index (κ2) is 8.62. The first-order valence-corrected chi connectivity index (χ1v) is 9.08. The van der Waals surface area contributed by atoms with Crippen LogP contribution in [0.15, 0.2) is 36.4 Å². The number of nitrogens with one attached hydrogen (secondary N) is 1. The molecule has 0 aliphatic heterocycles. The fraction of sp³-hybridized carbons (Fsp3) is 0.300. The van der Waals surface area contributed by atoms with Crippen LogP contribution in [0.1, 0.15) is 17.3 Å². The standard InChI is InChI=1S/C20H24N6O2/c1-4-28-19-17-16(24-20(21)25-19)10-9-15(23-17)13-5-7-14(8-6-13)18(27)22-11-12-26(2)3/h5-10H,4,11-12H2,1-3H3,(H,22,27)(H2,21,24,25). The van der Waals surface area contributed by atoms with E-state index in [0.717, 1.165) is 17.8 Å². The molecular formula is C20H24N6O2. The van der Waals surface area contributed by atoms with E-state index in [0.29, 0.717) is 35.6 Å². The summed E-state index contributed by atoms with van der Waals surface area (Å²) < 4.78 is 5.55. The minimum absolute atomic E-state index is 0.0950. The molecule has 3 rings (SSSR count). The first kappa shape index (κ1) is 19.5. The average Bonchev–Trinajstić information content (AvgIpc) is 2.67. The van der Waals surface area contributed by atoms with Gasteiger partial charge < -0.3 is 20.7 Å². The van der Waals surface area contributed by atoms with E-state index in [-0.39, 0.29) is 11.9 Å². The number of benzene rings is 1. The summed E-state index contributed by atoms with van der Waals surface area (Å²) in [6, 6.07) is 11.0. The molecule has 3 N–H and O–H groups in total. The Morgan fingerprint density at radius 3 is 2.54 bits per heavy atom. The van der Waals surface area contributed by atoms with Crippen LogP contribution in [-0.4, -0.2) is 59.6 Å². The van der Waals surface area contributed by atoms with Crippen LogP contribution in [0.4, 0.5) is 5.95 Å². The Bertz CT molecular complexity index is 972. The van der Waals surface area contributed by atoms with E-state index in [1.54, 1.807) is 12.1 Å². The number of anilines is 1. The lowest BCUT2D eigenvalue weighted by molar-refractivity contribution is 0.0951. The van der Waals surface area contributed by atoms with Crippen molar-refractivity contribution in [2.24, 2.45) is 0 Å². The molecule has 0 fully saturated rings. The highest BCUT2D eigenvalue weighted by molar-refractivity contribution is 5.94. The average molecular weight is 380 g/mol. The number of pyridine rings is 1. The first-order valence-electron chi connectivity index (χ1n) is 9.08. The summed E-state index contributed by atoms with van der Waals surface area (Å²) in [5.74, 6) is 0.418. The number of nitrogen functional groups attached to an aromatic ring is 1. The maximum Gasteiger partial charge on any atom is 0.251 e. The summed E-state index contributed by atoms with van der Waals surface area (Å²) in [4.78, 5) is 27.2. The zero-order chi connectivity index (χ0) is 20.1. The van der Waals surface area contributed by atoms with E-state index in [1.807, 2.05) is 50.2 Å². The van der Waals surface area contributed by atoms with Gasteiger partial charge in [-0.1, -0.05) is 12.1 Å². The summed E-state index contributed by atoms with van der Waals surface area (Å²) in [6.45, 7) is 3.72. The molecule has 1 aromatic carbocycles. The van der Waals surface area contributed by atoms with Crippen LogP contribution in [0.5, 0.6) is 5.88 Å². The third kappa shape index (κ3) is 4.52. The molecule has 2 heterocycles. The van der Waals surface area contributed by atoms with Crippen molar-refractivity contribution >= 4 is 22.9 Å². The molecule has 0 radical (unpaired) electrons. The van der Waals surface area contributed by atoms with Gasteiger partial charge in [-0.15, -0.1) is 0 Å². The molecule has 0 bridgehead atoms. The molecule has 0 aliphatic carbocycles. The fourth-order valence-electron chi connectivity index (χ4n) is 2.69. The largest absolute Gasteiger partial charge is 0.476 e. The number of hydrogen-bond acceptors (Lipinski definition) is 7. The van der Waals surface area contributed by atoms with Crippen LogP contribution < -0.4 is 15.8 Å². The number of hydrogen-bond donors (Lipinski definition) is 2. The van der Waals surface area contributed by atoms with E-state index in [1.165, 1.54) is 0 Å². The van der Waals surface area contributed by atoms with Crippen LogP contribution in [0, 0.1) is 0 Å². The third-order valence-electron chi connectivity index (χ3n) is 4.10. The number of nitrogens with two attached hydrogens (primary N) is 1. The zero-order valence-electron chi connectivity index (χ0n) is 16.3. The molecule has 8 nitrogen and oxygen atoms in total. The first-order chi connectivity index (χ1) is 13.5. The van der Waals surface area contributed by atoms with Crippen LogP contribution in [0.3, 0.4) is 0 Å². The normalized spacial score (nSPS) is 11.0. The molecule has 0 spiro atoms. The van der Waals surface area contributed by atoms with Crippen LogP contribution in [0.2, 0.25) is 0 Å². The number of nitrogens with zero attached hydrogens (tertiary/aromatic N) is 4. The molecule has 2 aromatic heterocycles. The second-order valence-electron chi connectivity index (χ2n) is 6.52. The van der Waals surface area contributed by atoms with E-state index >= 15 is 0 Å². The van der Waals surface area contributed by atoms with Gasteiger partial charge in [0.05, 0.1) is 17.8 Å². The van der Waals surface area contributed by atoms with Crippen molar-refractivity contribution in [3.63, 3.8) is 0 Å². The number of aromatic nitrogens is 3. The third-order valence-corrected chi connectivity index (χ3v) is 4.10. The lowest BCUT2D eigenvalue weighted by atomic mass is 10.1. The van der Waals surface area contributed by atoms with Gasteiger partial charge in [0.15, 0.2) is 5.52 Å². The molecule has 28 heavy (non-hydrogen) atoms. The van der Waals surface area contributed by atoms with Gasteiger partial charge in [0.1, 0.15) is 0 Å². The Morgan fingerprint density at radius 1 is 1.11 bits per heavy atom. The molecule has 0 unspecified atom stereocenters. The number of amides is 1. The van der Waals surface area contributed by atoms with Crippen LogP contribution in [0.25, 0.3) is 22.3 Å². The summed E-state index contributed by atoms with van der Waals surface area (Å²) in [5.41, 5.74) is 9.13. The monoisotopic (exact) mass is 380 g/mol. The van der Waals surface area contributed by atoms with Crippen molar-refractivity contribution in [3.8, 4) is 17.1 Å². The summed E-state index contributed by atoms with van der Waals surface area (Å²) >= 11 is 0. The SMILES string of the molecule is CCOc1nc(N)nc2ccc(-c3ccc(C(=O)NCCN(C)C)cc3)nc12. The minimum atomic E-state index is -0.0950. The second-order valence-corrected chi connectivity index (χ2v) is 6.52. The van der Waals surface area contributed by atoms with Gasteiger partial charge in [0.2, 0.25) is 11.8 Å². The molecule has 146 valence electrons. The molecule has 0 atom stereocenters. The van der Waals surface area contributed by atoms with E-state index < -0.39 is 0 Å². The van der Waals surface area contributed by atoms with Crippen LogP contribution >= 0.6 is 0 Å². The van der Waals surface area contributed by atoms with Crippen molar-refractivity contribution in [2.45, 2.75) is 6.92 Å². The van der Waals surface area contributed by atoms with Crippen molar-refractivity contribution in [3.05, 3.63) is 42.0 Å². The van der Waals surface area contributed by atoms with Crippen molar-refractivity contribution in [1.29, 1.82) is 0 Å². The highest BCUT2D eigenvalue weighted by atomic mass is 16.5. The van der Waals surface area contributed by atoms with Crippen LogP contribution in [-0.2, 0) is 0 Å². The number of fused-ring (bicyclic) bond motifs is 1. The minimum Gasteiger partial charge on any atom is -0.476 e. The Balaban J connectivity index is 1.83. The fourth-order valence-corrected chi connectivity index (χ4v) is 2.69. The summed E-state index contributed by atoms with van der Waals surface area (Å²) in [7, 11) is 3.93. The van der Waals surface area contributed by atoms with E-state index in [9.17, 15) is 4.79 Å². The lowest BCUT2D eigenvalue weighted by Crippen LogP contribution is -2.31. The van der Waals surface area contributed by atoms with Gasteiger partial charge >= 0.3 is 0 Å². The molecule has 8 heteroatoms. The Hall–Kier alpha value is -3.26. The van der Waals surface area contributed by atoms with E-state index in [4.69, 9.17) is 10.5 Å². The molecule has 0 saturated carbocycles. The number of carbonyl (C=O) groups is 1. The van der Waals surface area contributed by atoms with E-state index in [2.05, 4.69) is 20.3 Å². The van der Waals surface area contributed by atoms with Crippen molar-refractivity contribution in [1.82, 2.24) is 25.2 Å². The molecule has 1 amide bonds. The summed E-state index contributed by atoms with van der Waals surface area (Å²) in [6.07, 6.45) is 0. The molecule has 0 aliphatic rings. The number of carbonyl (C=O) groups excluding carboxylic acids is 1. The highest BCUT2D eigenvalue weighted by Gasteiger charge is 2.11. The number of likely N-dealkylation sites (N-methyl/N-ethyl adjacent to an activating group) is 1. The topological polar surface area (TPSA) is 106 Å². The maximum atomic E-state index is 12.2. The lowest BCUT2D eigenvalue weighted by Gasteiger charge is -2.11. The Labute approximate surface area is 163 Å². The molecular weight excluding hydrogens is 356 g/mol. The predicted molar refractivity (Wildman–Crippen MR) is 109 cm³/mol. The number of ether oxygens (including phenoxy) is 1. The molecule has 0 saturated heterocycles. The smallest absolute Gasteiger partial charge is 0.251 e. The summed E-state index contributed by atoms with van der Waals surface area (Å²) in [5, 5.41) is 2.90. The maximum absolute atomic E-state index is 12.2. The predicted octanol–water partition coefficient (Wildman–Crippen LogP) is 1.96. The Morgan fingerprint density at radius 2 is 1.86 bits per heavy atom. The van der Waals surface area contributed by atoms with Crippen molar-refractivity contribution in [2.75, 3.05) is 39.5 Å². The van der Waals surface area contributed by atoms with Gasteiger partial charge in [-0.25, -0.2) is 9.97 Å². The van der Waals surface area contributed by atoms with Crippen molar-refractivity contribution < 1.29 is 9.53 Å². The van der Waals surface area contributed by atoms with Gasteiger partial charge in [-0.05, 0) is 45.3 Å². The van der Waals surface area contributed by atoms with Gasteiger partial charge in [-0.3, -0.25) is 4.79 Å². The zero-order valence-corrected chi connectivity index (χ0v) is 16.3. The van der Waals surface area contributed by atoms with Gasteiger partial charge in [0.25, 0.3) is 5.91 Å². The highest BCUT2D eigenvalue weighted by Crippen LogP contribution is 2.26. The quantitative estimate of drug-likeness (QED) is 0.645.